The van der Waals surface area contributed by atoms with Gasteiger partial charge in [-0.1, -0.05) is 23.7 Å². The first kappa shape index (κ1) is 26.1. The molecule has 1 aromatic carbocycles. The Balaban J connectivity index is 1.40. The Bertz CT molecular complexity index is 1070. The number of sulfone groups is 1. The topological polar surface area (TPSA) is 118 Å². The number of morpholine rings is 1. The summed E-state index contributed by atoms with van der Waals surface area (Å²) in [6.45, 7) is 2.72. The molecule has 3 aliphatic heterocycles. The van der Waals surface area contributed by atoms with Crippen molar-refractivity contribution < 1.29 is 17.9 Å². The van der Waals surface area contributed by atoms with Crippen molar-refractivity contribution in [2.75, 3.05) is 38.2 Å². The highest BCUT2D eigenvalue weighted by Gasteiger charge is 2.38. The van der Waals surface area contributed by atoms with Gasteiger partial charge in [-0.2, -0.15) is 0 Å². The van der Waals surface area contributed by atoms with E-state index in [4.69, 9.17) is 22.1 Å². The van der Waals surface area contributed by atoms with Gasteiger partial charge < -0.3 is 15.4 Å². The van der Waals surface area contributed by atoms with Crippen LogP contribution in [0.1, 0.15) is 37.7 Å². The van der Waals surface area contributed by atoms with E-state index < -0.39 is 15.9 Å². The summed E-state index contributed by atoms with van der Waals surface area (Å²) in [5.41, 5.74) is 6.97. The predicted octanol–water partition coefficient (Wildman–Crippen LogP) is 1.88. The third-order valence-electron chi connectivity index (χ3n) is 6.95. The van der Waals surface area contributed by atoms with E-state index in [1.807, 2.05) is 24.3 Å². The lowest BCUT2D eigenvalue weighted by Gasteiger charge is -2.46. The van der Waals surface area contributed by atoms with Crippen LogP contribution in [-0.2, 0) is 25.8 Å². The van der Waals surface area contributed by atoms with Gasteiger partial charge in [0, 0.05) is 49.4 Å². The summed E-state index contributed by atoms with van der Waals surface area (Å²) in [4.78, 5) is 17.6. The number of likely N-dealkylation sites (tertiary alicyclic amines) is 1. The van der Waals surface area contributed by atoms with Crippen LogP contribution in [0.3, 0.4) is 0 Å². The summed E-state index contributed by atoms with van der Waals surface area (Å²) in [6, 6.07) is 8.33. The fourth-order valence-electron chi connectivity index (χ4n) is 5.08. The summed E-state index contributed by atoms with van der Waals surface area (Å²) in [5.74, 6) is 1.48. The molecule has 3 heterocycles. The van der Waals surface area contributed by atoms with Crippen molar-refractivity contribution in [2.45, 2.75) is 56.7 Å². The van der Waals surface area contributed by atoms with Crippen LogP contribution in [0, 0.1) is 0 Å². The van der Waals surface area contributed by atoms with E-state index in [9.17, 15) is 13.2 Å². The molecule has 0 aliphatic carbocycles. The van der Waals surface area contributed by atoms with Gasteiger partial charge in [-0.25, -0.2) is 8.42 Å². The molecule has 2 fully saturated rings. The zero-order valence-corrected chi connectivity index (χ0v) is 21.7. The Morgan fingerprint density at radius 3 is 2.54 bits per heavy atom. The molecule has 2 N–H and O–H groups in total. The van der Waals surface area contributed by atoms with Gasteiger partial charge in [0.15, 0.2) is 5.78 Å². The number of ether oxygens (including phenoxy) is 1. The van der Waals surface area contributed by atoms with E-state index in [1.165, 1.54) is 11.8 Å². The summed E-state index contributed by atoms with van der Waals surface area (Å²) in [7, 11) is -3.08. The van der Waals surface area contributed by atoms with Gasteiger partial charge in [0.1, 0.15) is 27.6 Å². The van der Waals surface area contributed by atoms with Crippen LogP contribution in [0.2, 0.25) is 5.02 Å². The smallest absolute Gasteiger partial charge is 0.162 e. The maximum atomic E-state index is 12.9. The number of halogens is 1. The lowest BCUT2D eigenvalue weighted by molar-refractivity contribution is -0.143. The second-order valence-corrected chi connectivity index (χ2v) is 12.4. The van der Waals surface area contributed by atoms with Gasteiger partial charge in [0.2, 0.25) is 0 Å². The first-order valence-corrected chi connectivity index (χ1v) is 14.6. The fraction of sp³-hybridized carbons (Fsp3) is 0.625. The van der Waals surface area contributed by atoms with Gasteiger partial charge in [-0.15, -0.1) is 10.2 Å². The zero-order valence-electron chi connectivity index (χ0n) is 20.1. The molecule has 1 aromatic rings. The number of carbonyl (C=O) groups excluding carboxylic acids is 1. The molecule has 3 aliphatic rings. The minimum atomic E-state index is -3.08. The third kappa shape index (κ3) is 7.25. The molecule has 0 amide bonds. The summed E-state index contributed by atoms with van der Waals surface area (Å²) in [5, 5.41) is 8.88. The average Bonchev–Trinajstić information content (AvgIpc) is 3.26. The second-order valence-electron chi connectivity index (χ2n) is 9.71. The maximum absolute atomic E-state index is 12.9. The number of hydrogen-bond acceptors (Lipinski definition) is 9. The molecule has 0 unspecified atom stereocenters. The highest BCUT2D eigenvalue weighted by molar-refractivity contribution is 7.90. The third-order valence-corrected chi connectivity index (χ3v) is 8.23. The molecule has 2 saturated heterocycles. The van der Waals surface area contributed by atoms with Gasteiger partial charge in [-0.3, -0.25) is 9.69 Å². The molecule has 0 radical (unpaired) electrons. The molecule has 11 heteroatoms. The number of ketones is 1. The number of nitrogens with two attached hydrogens (primary N) is 1. The normalized spacial score (nSPS) is 24.3. The first-order valence-electron chi connectivity index (χ1n) is 12.1. The van der Waals surface area contributed by atoms with E-state index in [0.29, 0.717) is 42.9 Å². The zero-order chi connectivity index (χ0) is 25.0. The average molecular weight is 524 g/mol. The van der Waals surface area contributed by atoms with Crippen LogP contribution in [-0.4, -0.2) is 92.1 Å². The minimum absolute atomic E-state index is 0.0188. The second kappa shape index (κ2) is 11.4. The van der Waals surface area contributed by atoms with E-state index in [2.05, 4.69) is 20.0 Å². The number of benzene rings is 1. The van der Waals surface area contributed by atoms with Crippen LogP contribution in [0.5, 0.6) is 0 Å². The molecule has 0 aromatic heterocycles. The molecule has 0 saturated carbocycles. The molecular weight excluding hydrogens is 490 g/mol. The van der Waals surface area contributed by atoms with Gasteiger partial charge in [0.05, 0.1) is 18.8 Å². The van der Waals surface area contributed by atoms with E-state index in [0.717, 1.165) is 38.2 Å². The van der Waals surface area contributed by atoms with E-state index in [-0.39, 0.29) is 24.0 Å². The van der Waals surface area contributed by atoms with Crippen LogP contribution in [0.25, 0.3) is 0 Å². The highest BCUT2D eigenvalue weighted by Crippen LogP contribution is 2.27. The maximum Gasteiger partial charge on any atom is 0.162 e. The van der Waals surface area contributed by atoms with E-state index in [1.54, 1.807) is 0 Å². The van der Waals surface area contributed by atoms with Crippen molar-refractivity contribution in [3.05, 3.63) is 34.9 Å². The van der Waals surface area contributed by atoms with Crippen LogP contribution in [0.15, 0.2) is 34.5 Å². The SMILES string of the molecule is CS(=O)(=O)CCCC(=O)[C@H]1CN(C2CCN(C3=NN=C(N)C3)CC2)[C@@H](Cc2ccc(Cl)cc2)CO1. The summed E-state index contributed by atoms with van der Waals surface area (Å²) in [6.07, 6.45) is 4.53. The lowest BCUT2D eigenvalue weighted by atomic mass is 9.95. The molecule has 192 valence electrons. The van der Waals surface area contributed by atoms with Gasteiger partial charge in [0.25, 0.3) is 0 Å². The fourth-order valence-corrected chi connectivity index (χ4v) is 5.88. The molecule has 9 nitrogen and oxygen atoms in total. The van der Waals surface area contributed by atoms with Crippen LogP contribution >= 0.6 is 11.6 Å². The molecule has 35 heavy (non-hydrogen) atoms. The van der Waals surface area contributed by atoms with Crippen molar-refractivity contribution in [1.29, 1.82) is 0 Å². The number of amidine groups is 2. The van der Waals surface area contributed by atoms with E-state index >= 15 is 0 Å². The minimum Gasteiger partial charge on any atom is -0.385 e. The number of piperidine rings is 1. The van der Waals surface area contributed by atoms with Gasteiger partial charge >= 0.3 is 0 Å². The number of hydrogen-bond donors (Lipinski definition) is 1. The van der Waals surface area contributed by atoms with Crippen molar-refractivity contribution in [3.63, 3.8) is 0 Å². The van der Waals surface area contributed by atoms with Crippen LogP contribution < -0.4 is 5.73 Å². The standard InChI is InChI=1S/C24H34ClN5O4S/c1-35(32,33)12-2-3-21(31)22-15-30(20(16-34-22)13-17-4-6-18(25)7-5-17)19-8-10-29(11-9-19)24-14-23(26)27-28-24/h4-7,19-20,22H,2-3,8-16H2,1H3,(H2,26,27)/t20-,22+/m0/s1. The number of nitrogens with zero attached hydrogens (tertiary/aromatic N) is 4. The monoisotopic (exact) mass is 523 g/mol. The Morgan fingerprint density at radius 2 is 1.91 bits per heavy atom. The molecular formula is C24H34ClN5O4S. The van der Waals surface area contributed by atoms with Crippen molar-refractivity contribution in [2.24, 2.45) is 15.9 Å². The van der Waals surface area contributed by atoms with Crippen LogP contribution in [0.4, 0.5) is 0 Å². The first-order chi connectivity index (χ1) is 16.7. The number of rotatable bonds is 8. The Hall–Kier alpha value is -2.01. The largest absolute Gasteiger partial charge is 0.385 e. The summed E-state index contributed by atoms with van der Waals surface area (Å²) < 4.78 is 28.9. The molecule has 0 spiro atoms. The predicted molar refractivity (Wildman–Crippen MR) is 138 cm³/mol. The Morgan fingerprint density at radius 1 is 1.20 bits per heavy atom. The number of Topliss-reactive ketones (excluding diaryl/α,β-unsaturated/α-hetero) is 1. The molecule has 2 atom stereocenters. The van der Waals surface area contributed by atoms with Gasteiger partial charge in [-0.05, 0) is 43.4 Å². The highest BCUT2D eigenvalue weighted by atomic mass is 35.5. The molecule has 4 rings (SSSR count). The van der Waals surface area contributed by atoms with Crippen molar-refractivity contribution >= 4 is 38.9 Å². The quantitative estimate of drug-likeness (QED) is 0.552. The lowest BCUT2D eigenvalue weighted by Crippen LogP contribution is -2.58. The Kier molecular flexibility index (Phi) is 8.46. The molecule has 0 bridgehead atoms. The Labute approximate surface area is 212 Å². The van der Waals surface area contributed by atoms with Crippen molar-refractivity contribution in [3.8, 4) is 0 Å². The number of carbonyl (C=O) groups is 1. The van der Waals surface area contributed by atoms with Crippen molar-refractivity contribution in [1.82, 2.24) is 9.80 Å². The summed E-state index contributed by atoms with van der Waals surface area (Å²) >= 11 is 6.06.